The van der Waals surface area contributed by atoms with Gasteiger partial charge < -0.3 is 32.7 Å². The summed E-state index contributed by atoms with van der Waals surface area (Å²) in [7, 11) is 0. The molecule has 10 nitrogen and oxygen atoms in total. The van der Waals surface area contributed by atoms with Crippen molar-refractivity contribution in [1.29, 1.82) is 0 Å². The number of nitrogens with one attached hydrogen (secondary N) is 4. The van der Waals surface area contributed by atoms with E-state index in [9.17, 15) is 19.2 Å². The molecule has 0 aromatic heterocycles. The molecule has 0 radical (unpaired) electrons. The lowest BCUT2D eigenvalue weighted by Gasteiger charge is -2.01. The van der Waals surface area contributed by atoms with Gasteiger partial charge in [0.15, 0.2) is 0 Å². The van der Waals surface area contributed by atoms with Crippen LogP contribution in [0.15, 0.2) is 0 Å². The molecule has 52 heavy (non-hydrogen) atoms. The van der Waals surface area contributed by atoms with Crippen LogP contribution in [0.1, 0.15) is 209 Å². The molecule has 0 aliphatic heterocycles. The minimum atomic E-state index is 0.0866. The highest BCUT2D eigenvalue weighted by molar-refractivity contribution is 5.73. The maximum Gasteiger partial charge on any atom is 0.216 e. The Morgan fingerprint density at radius 2 is 0.462 bits per heavy atom. The van der Waals surface area contributed by atoms with Crippen molar-refractivity contribution in [3.05, 3.63) is 0 Å². The average molecular weight is 745 g/mol. The van der Waals surface area contributed by atoms with E-state index in [1.54, 1.807) is 27.7 Å². The Labute approximate surface area is 323 Å². The van der Waals surface area contributed by atoms with Crippen LogP contribution in [0.5, 0.6) is 0 Å². The Morgan fingerprint density at radius 1 is 0.308 bits per heavy atom. The topological polar surface area (TPSA) is 168 Å². The van der Waals surface area contributed by atoms with Gasteiger partial charge in [-0.25, -0.2) is 0 Å². The summed E-state index contributed by atoms with van der Waals surface area (Å²) in [5.74, 6) is 0.347. The molecule has 0 saturated heterocycles. The van der Waals surface area contributed by atoms with Crippen molar-refractivity contribution in [2.45, 2.75) is 209 Å². The van der Waals surface area contributed by atoms with Gasteiger partial charge in [-0.15, -0.1) is 0 Å². The number of amides is 4. The molecule has 0 atom stereocenters. The summed E-state index contributed by atoms with van der Waals surface area (Å²) < 4.78 is 0. The van der Waals surface area contributed by atoms with Crippen LogP contribution >= 0.6 is 0 Å². The van der Waals surface area contributed by atoms with Crippen LogP contribution in [0.4, 0.5) is 0 Å². The predicted octanol–water partition coefficient (Wildman–Crippen LogP) is 8.84. The monoisotopic (exact) mass is 745 g/mol. The zero-order chi connectivity index (χ0) is 40.4. The molecule has 10 heteroatoms. The lowest BCUT2D eigenvalue weighted by Crippen LogP contribution is -2.20. The van der Waals surface area contributed by atoms with Gasteiger partial charge in [-0.05, 0) is 25.7 Å². The van der Waals surface area contributed by atoms with E-state index in [0.717, 1.165) is 51.9 Å². The normalized spacial score (nSPS) is 9.65. The fourth-order valence-electron chi connectivity index (χ4n) is 4.68. The first-order valence-electron chi connectivity index (χ1n) is 21.4. The largest absolute Gasteiger partial charge is 0.356 e. The van der Waals surface area contributed by atoms with E-state index < -0.39 is 0 Å². The third-order valence-electron chi connectivity index (χ3n) is 7.78. The van der Waals surface area contributed by atoms with Gasteiger partial charge in [-0.3, -0.25) is 19.2 Å². The lowest BCUT2D eigenvalue weighted by atomic mass is 10.1. The first-order chi connectivity index (χ1) is 25.0. The van der Waals surface area contributed by atoms with E-state index >= 15 is 0 Å². The molecule has 0 fully saturated rings. The van der Waals surface area contributed by atoms with E-state index in [-0.39, 0.29) is 23.6 Å². The number of carbonyl (C=O) groups excluding carboxylic acids is 4. The zero-order valence-corrected chi connectivity index (χ0v) is 36.0. The Balaban J connectivity index is -0.000000182. The fourth-order valence-corrected chi connectivity index (χ4v) is 4.68. The molecule has 4 amide bonds. The van der Waals surface area contributed by atoms with Crippen molar-refractivity contribution in [3.63, 3.8) is 0 Å². The van der Waals surface area contributed by atoms with Crippen LogP contribution in [-0.4, -0.2) is 62.9 Å². The van der Waals surface area contributed by atoms with E-state index in [4.69, 9.17) is 11.5 Å². The number of unbranched alkanes of at least 4 members (excludes halogenated alkanes) is 20. The summed E-state index contributed by atoms with van der Waals surface area (Å²) in [6, 6.07) is 0. The summed E-state index contributed by atoms with van der Waals surface area (Å²) in [6.07, 6.45) is 30.7. The van der Waals surface area contributed by atoms with Crippen molar-refractivity contribution in [2.24, 2.45) is 11.5 Å². The molecule has 0 aromatic rings. The Bertz CT molecular complexity index is 596. The number of hydrogen-bond acceptors (Lipinski definition) is 6. The van der Waals surface area contributed by atoms with Gasteiger partial charge in [-0.2, -0.15) is 0 Å². The van der Waals surface area contributed by atoms with Crippen LogP contribution in [0.2, 0.25) is 0 Å². The van der Waals surface area contributed by atoms with Gasteiger partial charge in [0.2, 0.25) is 23.6 Å². The van der Waals surface area contributed by atoms with Gasteiger partial charge in [-0.1, -0.05) is 156 Å². The fraction of sp³-hybridized carbons (Fsp3) is 0.905. The number of hydrogen-bond donors (Lipinski definition) is 6. The molecule has 0 aromatic carbocycles. The van der Waals surface area contributed by atoms with Crippen LogP contribution in [0, 0.1) is 0 Å². The first kappa shape index (κ1) is 59.1. The molecule has 0 aliphatic rings. The average Bonchev–Trinajstić information content (AvgIpc) is 3.10. The van der Waals surface area contributed by atoms with Crippen LogP contribution < -0.4 is 32.7 Å². The molecular formula is C42H92N6O4. The van der Waals surface area contributed by atoms with Gasteiger partial charge in [0, 0.05) is 67.0 Å². The molecule has 0 saturated carbocycles. The van der Waals surface area contributed by atoms with Gasteiger partial charge in [0.1, 0.15) is 0 Å². The smallest absolute Gasteiger partial charge is 0.216 e. The van der Waals surface area contributed by atoms with Crippen LogP contribution in [-0.2, 0) is 19.2 Å². The second-order valence-corrected chi connectivity index (χ2v) is 13.6. The van der Waals surface area contributed by atoms with E-state index in [0.29, 0.717) is 13.1 Å². The third-order valence-corrected chi connectivity index (χ3v) is 7.78. The maximum absolute atomic E-state index is 10.5. The van der Waals surface area contributed by atoms with Crippen LogP contribution in [0.25, 0.3) is 0 Å². The van der Waals surface area contributed by atoms with Crippen molar-refractivity contribution in [2.75, 3.05) is 39.3 Å². The van der Waals surface area contributed by atoms with E-state index in [1.165, 1.54) is 128 Å². The highest BCUT2D eigenvalue weighted by atomic mass is 16.2. The summed E-state index contributed by atoms with van der Waals surface area (Å²) in [5.41, 5.74) is 9.81. The highest BCUT2D eigenvalue weighted by Crippen LogP contribution is 2.06. The number of rotatable bonds is 29. The second kappa shape index (κ2) is 58.1. The molecule has 314 valence electrons. The Kier molecular flexibility index (Phi) is 66.0. The number of carbonyl (C=O) groups is 4. The summed E-state index contributed by atoms with van der Waals surface area (Å²) in [6.45, 7) is 19.7. The zero-order valence-electron chi connectivity index (χ0n) is 36.0. The Morgan fingerprint density at radius 3 is 0.596 bits per heavy atom. The standard InChI is InChI=1S/4C10H21NO.C2H8N2/c4*1-3-4-5-6-7-8-9-11-10(2)12;3-1-2-4/h4*3-9H2,1-2H3,(H,11,12);1-4H2. The van der Waals surface area contributed by atoms with Crippen molar-refractivity contribution in [3.8, 4) is 0 Å². The van der Waals surface area contributed by atoms with Crippen LogP contribution in [0.3, 0.4) is 0 Å². The summed E-state index contributed by atoms with van der Waals surface area (Å²) in [4.78, 5) is 41.9. The highest BCUT2D eigenvalue weighted by Gasteiger charge is 1.94. The molecule has 8 N–H and O–H groups in total. The third kappa shape index (κ3) is 86.4. The summed E-state index contributed by atoms with van der Waals surface area (Å²) >= 11 is 0. The molecule has 0 unspecified atom stereocenters. The maximum atomic E-state index is 10.5. The first-order valence-corrected chi connectivity index (χ1v) is 21.4. The summed E-state index contributed by atoms with van der Waals surface area (Å²) in [5, 5.41) is 11.2. The molecular weight excluding hydrogens is 653 g/mol. The van der Waals surface area contributed by atoms with Gasteiger partial charge in [0.25, 0.3) is 0 Å². The molecule has 0 spiro atoms. The lowest BCUT2D eigenvalue weighted by molar-refractivity contribution is -0.119. The van der Waals surface area contributed by atoms with E-state index in [1.807, 2.05) is 0 Å². The minimum Gasteiger partial charge on any atom is -0.356 e. The number of nitrogens with two attached hydrogens (primary N) is 2. The molecule has 0 bridgehead atoms. The minimum absolute atomic E-state index is 0.0866. The molecule has 0 aliphatic carbocycles. The molecule has 0 heterocycles. The second-order valence-electron chi connectivity index (χ2n) is 13.6. The van der Waals surface area contributed by atoms with Crippen molar-refractivity contribution >= 4 is 23.6 Å². The van der Waals surface area contributed by atoms with Crippen molar-refractivity contribution in [1.82, 2.24) is 21.3 Å². The van der Waals surface area contributed by atoms with Gasteiger partial charge >= 0.3 is 0 Å². The molecule has 0 rings (SSSR count). The van der Waals surface area contributed by atoms with E-state index in [2.05, 4.69) is 49.0 Å². The van der Waals surface area contributed by atoms with Gasteiger partial charge in [0.05, 0.1) is 0 Å². The predicted molar refractivity (Wildman–Crippen MR) is 226 cm³/mol. The van der Waals surface area contributed by atoms with Crippen molar-refractivity contribution < 1.29 is 19.2 Å². The Hall–Kier alpha value is -2.20. The SMILES string of the molecule is CCCCCCCCNC(C)=O.CCCCCCCCNC(C)=O.CCCCCCCCNC(C)=O.CCCCCCCCNC(C)=O.NCCN. The quantitative estimate of drug-likeness (QED) is 0.0418.